The van der Waals surface area contributed by atoms with E-state index in [1.54, 1.807) is 0 Å². The van der Waals surface area contributed by atoms with Gasteiger partial charge in [0.05, 0.1) is 0 Å². The Labute approximate surface area is 136 Å². The molecule has 4 aliphatic carbocycles. The molecule has 0 spiro atoms. The second-order valence-corrected chi connectivity index (χ2v) is 9.49. The molecule has 0 heterocycles. The van der Waals surface area contributed by atoms with E-state index >= 15 is 0 Å². The smallest absolute Gasteiger partial charge is 0.0107 e. The molecule has 0 N–H and O–H groups in total. The summed E-state index contributed by atoms with van der Waals surface area (Å²) in [6, 6.07) is 9.22. The molecule has 0 heteroatoms. The highest BCUT2D eigenvalue weighted by Gasteiger charge is 2.49. The van der Waals surface area contributed by atoms with Gasteiger partial charge in [0.15, 0.2) is 0 Å². The lowest BCUT2D eigenvalue weighted by atomic mass is 9.49. The fraction of sp³-hybridized carbons (Fsp3) is 0.636. The van der Waals surface area contributed by atoms with Crippen LogP contribution < -0.4 is 0 Å². The van der Waals surface area contributed by atoms with Crippen LogP contribution in [0.3, 0.4) is 0 Å². The molecule has 0 aromatic heterocycles. The summed E-state index contributed by atoms with van der Waals surface area (Å²) in [5.74, 6) is 3.12. The SMILES string of the molecule is CC(C)(C)c1ccc(/C=C/C23CC4CC(CC(C4)C2)C3)cc1. The fourth-order valence-electron chi connectivity index (χ4n) is 5.75. The lowest BCUT2D eigenvalue weighted by molar-refractivity contribution is -0.0232. The molecular weight excluding hydrogens is 264 g/mol. The fourth-order valence-corrected chi connectivity index (χ4v) is 5.75. The quantitative estimate of drug-likeness (QED) is 0.608. The molecular formula is C22H30. The van der Waals surface area contributed by atoms with Crippen molar-refractivity contribution in [2.24, 2.45) is 23.2 Å². The highest BCUT2D eigenvalue weighted by molar-refractivity contribution is 5.51. The van der Waals surface area contributed by atoms with E-state index in [9.17, 15) is 0 Å². The molecule has 0 radical (unpaired) electrons. The standard InChI is InChI=1S/C22H30/c1-21(2,3)20-6-4-16(5-7-20)8-9-22-13-17-10-18(14-22)12-19(11-17)15-22/h4-9,17-19H,10-15H2,1-3H3/b9-8+. The third-order valence-electron chi connectivity index (χ3n) is 6.49. The first-order valence-corrected chi connectivity index (χ1v) is 9.22. The van der Waals surface area contributed by atoms with Gasteiger partial charge >= 0.3 is 0 Å². The van der Waals surface area contributed by atoms with Gasteiger partial charge in [0.2, 0.25) is 0 Å². The monoisotopic (exact) mass is 294 g/mol. The number of benzene rings is 1. The summed E-state index contributed by atoms with van der Waals surface area (Å²) >= 11 is 0. The van der Waals surface area contributed by atoms with E-state index in [1.165, 1.54) is 49.7 Å². The average Bonchev–Trinajstić information content (AvgIpc) is 2.43. The Morgan fingerprint density at radius 3 is 1.82 bits per heavy atom. The zero-order valence-electron chi connectivity index (χ0n) is 14.4. The van der Waals surface area contributed by atoms with Crippen molar-refractivity contribution in [2.75, 3.05) is 0 Å². The van der Waals surface area contributed by atoms with Crippen molar-refractivity contribution in [2.45, 2.75) is 64.7 Å². The zero-order chi connectivity index (χ0) is 15.4. The number of hydrogen-bond donors (Lipinski definition) is 0. The molecule has 5 rings (SSSR count). The van der Waals surface area contributed by atoms with Gasteiger partial charge in [-0.25, -0.2) is 0 Å². The maximum atomic E-state index is 2.60. The lowest BCUT2D eigenvalue weighted by Gasteiger charge is -2.55. The van der Waals surface area contributed by atoms with Crippen LogP contribution in [0.15, 0.2) is 30.3 Å². The van der Waals surface area contributed by atoms with Crippen LogP contribution in [0.5, 0.6) is 0 Å². The Balaban J connectivity index is 1.52. The van der Waals surface area contributed by atoms with Crippen LogP contribution >= 0.6 is 0 Å². The summed E-state index contributed by atoms with van der Waals surface area (Å²) in [6.07, 6.45) is 14.0. The normalized spacial score (nSPS) is 37.1. The largest absolute Gasteiger partial charge is 0.0777 e. The van der Waals surface area contributed by atoms with Crippen molar-refractivity contribution in [1.82, 2.24) is 0 Å². The van der Waals surface area contributed by atoms with Crippen molar-refractivity contribution in [3.63, 3.8) is 0 Å². The first-order valence-electron chi connectivity index (χ1n) is 9.22. The van der Waals surface area contributed by atoms with Crippen molar-refractivity contribution in [1.29, 1.82) is 0 Å². The van der Waals surface area contributed by atoms with E-state index in [1.807, 2.05) is 0 Å². The van der Waals surface area contributed by atoms with Gasteiger partial charge in [-0.1, -0.05) is 57.2 Å². The Morgan fingerprint density at radius 2 is 1.36 bits per heavy atom. The Hall–Kier alpha value is -1.04. The topological polar surface area (TPSA) is 0 Å². The van der Waals surface area contributed by atoms with Crippen LogP contribution in [0.4, 0.5) is 0 Å². The van der Waals surface area contributed by atoms with E-state index < -0.39 is 0 Å². The van der Waals surface area contributed by atoms with E-state index in [0.29, 0.717) is 5.41 Å². The van der Waals surface area contributed by atoms with Gasteiger partial charge < -0.3 is 0 Å². The summed E-state index contributed by atoms with van der Waals surface area (Å²) in [5.41, 5.74) is 3.61. The zero-order valence-corrected chi connectivity index (χ0v) is 14.4. The lowest BCUT2D eigenvalue weighted by Crippen LogP contribution is -2.44. The minimum absolute atomic E-state index is 0.252. The van der Waals surface area contributed by atoms with Crippen LogP contribution in [0, 0.1) is 23.2 Å². The summed E-state index contributed by atoms with van der Waals surface area (Å²) in [4.78, 5) is 0. The van der Waals surface area contributed by atoms with Crippen molar-refractivity contribution in [3.05, 3.63) is 41.5 Å². The van der Waals surface area contributed by atoms with Gasteiger partial charge in [-0.3, -0.25) is 0 Å². The molecule has 0 aliphatic heterocycles. The molecule has 4 fully saturated rings. The Bertz CT molecular complexity index is 532. The van der Waals surface area contributed by atoms with Crippen LogP contribution in [-0.4, -0.2) is 0 Å². The molecule has 0 nitrogen and oxygen atoms in total. The number of hydrogen-bond acceptors (Lipinski definition) is 0. The molecule has 4 bridgehead atoms. The van der Waals surface area contributed by atoms with Gasteiger partial charge in [-0.05, 0) is 78.2 Å². The second kappa shape index (κ2) is 4.98. The molecule has 0 saturated heterocycles. The molecule has 0 unspecified atom stereocenters. The number of rotatable bonds is 2. The van der Waals surface area contributed by atoms with Crippen LogP contribution in [0.25, 0.3) is 6.08 Å². The third-order valence-corrected chi connectivity index (χ3v) is 6.49. The molecule has 1 aromatic rings. The van der Waals surface area contributed by atoms with Crippen molar-refractivity contribution >= 4 is 6.08 Å². The van der Waals surface area contributed by atoms with Gasteiger partial charge in [-0.2, -0.15) is 0 Å². The molecule has 22 heavy (non-hydrogen) atoms. The molecule has 4 saturated carbocycles. The molecule has 1 aromatic carbocycles. The van der Waals surface area contributed by atoms with Gasteiger partial charge in [0.25, 0.3) is 0 Å². The highest BCUT2D eigenvalue weighted by Crippen LogP contribution is 2.60. The molecule has 0 atom stereocenters. The van der Waals surface area contributed by atoms with Crippen LogP contribution in [-0.2, 0) is 5.41 Å². The summed E-state index contributed by atoms with van der Waals surface area (Å²) in [7, 11) is 0. The van der Waals surface area contributed by atoms with Gasteiger partial charge in [-0.15, -0.1) is 0 Å². The van der Waals surface area contributed by atoms with Crippen molar-refractivity contribution in [3.8, 4) is 0 Å². The maximum Gasteiger partial charge on any atom is -0.0107 e. The molecule has 4 aliphatic rings. The van der Waals surface area contributed by atoms with Crippen molar-refractivity contribution < 1.29 is 0 Å². The minimum atomic E-state index is 0.252. The second-order valence-electron chi connectivity index (χ2n) is 9.49. The van der Waals surface area contributed by atoms with E-state index in [2.05, 4.69) is 57.2 Å². The van der Waals surface area contributed by atoms with Gasteiger partial charge in [0.1, 0.15) is 0 Å². The van der Waals surface area contributed by atoms with Gasteiger partial charge in [0, 0.05) is 0 Å². The third kappa shape index (κ3) is 2.66. The summed E-state index contributed by atoms with van der Waals surface area (Å²) in [6.45, 7) is 6.86. The Kier molecular flexibility index (Phi) is 3.29. The Morgan fingerprint density at radius 1 is 0.864 bits per heavy atom. The predicted octanol–water partition coefficient (Wildman–Crippen LogP) is 6.21. The number of allylic oxidation sites excluding steroid dienone is 1. The average molecular weight is 294 g/mol. The van der Waals surface area contributed by atoms with E-state index in [0.717, 1.165) is 17.8 Å². The first kappa shape index (κ1) is 14.5. The first-order chi connectivity index (χ1) is 10.4. The molecule has 118 valence electrons. The van der Waals surface area contributed by atoms with E-state index in [-0.39, 0.29) is 5.41 Å². The molecule has 0 amide bonds. The maximum absolute atomic E-state index is 2.60. The van der Waals surface area contributed by atoms with E-state index in [4.69, 9.17) is 0 Å². The predicted molar refractivity (Wildman–Crippen MR) is 94.8 cm³/mol. The minimum Gasteiger partial charge on any atom is -0.0777 e. The highest BCUT2D eigenvalue weighted by atomic mass is 14.5. The summed E-state index contributed by atoms with van der Waals surface area (Å²) in [5, 5.41) is 0. The van der Waals surface area contributed by atoms with Crippen LogP contribution in [0.2, 0.25) is 0 Å². The summed E-state index contributed by atoms with van der Waals surface area (Å²) < 4.78 is 0. The van der Waals surface area contributed by atoms with Crippen LogP contribution in [0.1, 0.15) is 70.4 Å².